The minimum absolute atomic E-state index is 0.0168. The highest BCUT2D eigenvalue weighted by Gasteiger charge is 2.35. The fraction of sp³-hybridized carbons (Fsp3) is 0.545. The van der Waals surface area contributed by atoms with Gasteiger partial charge in [-0.2, -0.15) is 4.31 Å². The minimum Gasteiger partial charge on any atom is -0.468 e. The lowest BCUT2D eigenvalue weighted by atomic mass is 9.89. The van der Waals surface area contributed by atoms with E-state index in [1.165, 1.54) is 10.6 Å². The Kier molecular flexibility index (Phi) is 7.03. The summed E-state index contributed by atoms with van der Waals surface area (Å²) in [6.45, 7) is 2.41. The van der Waals surface area contributed by atoms with E-state index in [1.807, 2.05) is 0 Å². The van der Waals surface area contributed by atoms with Gasteiger partial charge in [-0.05, 0) is 56.4 Å². The van der Waals surface area contributed by atoms with Crippen LogP contribution in [0.4, 0.5) is 11.4 Å². The summed E-state index contributed by atoms with van der Waals surface area (Å²) >= 11 is 0. The number of rotatable bonds is 10. The number of nitro groups is 1. The zero-order chi connectivity index (χ0) is 23.6. The quantitative estimate of drug-likeness (QED) is 0.406. The van der Waals surface area contributed by atoms with Crippen LogP contribution in [-0.2, 0) is 26.0 Å². The number of anilines is 1. The summed E-state index contributed by atoms with van der Waals surface area (Å²) in [6, 6.07) is 6.14. The van der Waals surface area contributed by atoms with Crippen molar-refractivity contribution in [3.05, 3.63) is 52.0 Å². The summed E-state index contributed by atoms with van der Waals surface area (Å²) in [4.78, 5) is 11.2. The van der Waals surface area contributed by atoms with Gasteiger partial charge < -0.3 is 19.2 Å². The van der Waals surface area contributed by atoms with E-state index in [0.29, 0.717) is 23.6 Å². The predicted molar refractivity (Wildman–Crippen MR) is 121 cm³/mol. The van der Waals surface area contributed by atoms with Crippen molar-refractivity contribution in [2.45, 2.75) is 62.3 Å². The lowest BCUT2D eigenvalue weighted by Gasteiger charge is -2.35. The molecule has 11 heteroatoms. The van der Waals surface area contributed by atoms with E-state index in [2.05, 4.69) is 5.32 Å². The van der Waals surface area contributed by atoms with Crippen LogP contribution in [0.2, 0.25) is 0 Å². The first-order valence-electron chi connectivity index (χ1n) is 11.0. The van der Waals surface area contributed by atoms with Crippen LogP contribution in [0.3, 0.4) is 0 Å². The summed E-state index contributed by atoms with van der Waals surface area (Å²) in [7, 11) is -2.42. The summed E-state index contributed by atoms with van der Waals surface area (Å²) < 4.78 is 45.0. The molecule has 180 valence electrons. The molecule has 1 aliphatic carbocycles. The van der Waals surface area contributed by atoms with Gasteiger partial charge in [0, 0.05) is 32.4 Å². The number of hydrogen-bond donors (Lipinski definition) is 1. The molecule has 1 unspecified atom stereocenters. The first kappa shape index (κ1) is 23.7. The third-order valence-electron chi connectivity index (χ3n) is 6.24. The summed E-state index contributed by atoms with van der Waals surface area (Å²) in [5, 5.41) is 15.0. The summed E-state index contributed by atoms with van der Waals surface area (Å²) in [6.07, 6.45) is 4.51. The summed E-state index contributed by atoms with van der Waals surface area (Å²) in [5.41, 5.74) is 0.477. The van der Waals surface area contributed by atoms with Crippen molar-refractivity contribution in [2.24, 2.45) is 0 Å². The maximum Gasteiger partial charge on any atom is 0.293 e. The van der Waals surface area contributed by atoms with E-state index in [0.717, 1.165) is 31.7 Å². The Bertz CT molecular complexity index is 1080. The molecule has 1 N–H and O–H groups in total. The van der Waals surface area contributed by atoms with Gasteiger partial charge in [0.1, 0.15) is 11.4 Å². The Labute approximate surface area is 193 Å². The normalized spacial score (nSPS) is 22.9. The average Bonchev–Trinajstić information content (AvgIpc) is 3.43. The van der Waals surface area contributed by atoms with Crippen LogP contribution in [-0.4, -0.2) is 56.2 Å². The lowest BCUT2D eigenvalue weighted by molar-refractivity contribution is -0.384. The Morgan fingerprint density at radius 3 is 2.73 bits per heavy atom. The number of ether oxygens (including phenoxy) is 2. The Hall–Kier alpha value is -2.47. The van der Waals surface area contributed by atoms with Crippen molar-refractivity contribution >= 4 is 21.4 Å². The van der Waals surface area contributed by atoms with Crippen LogP contribution in [0, 0.1) is 17.0 Å². The predicted octanol–water partition coefficient (Wildman–Crippen LogP) is 3.46. The molecule has 0 radical (unpaired) electrons. The van der Waals surface area contributed by atoms with Gasteiger partial charge in [-0.3, -0.25) is 10.1 Å². The molecule has 0 spiro atoms. The van der Waals surface area contributed by atoms with Crippen LogP contribution in [0.5, 0.6) is 0 Å². The van der Waals surface area contributed by atoms with Gasteiger partial charge in [0.15, 0.2) is 0 Å². The third-order valence-corrected chi connectivity index (χ3v) is 8.19. The Balaban J connectivity index is 1.64. The van der Waals surface area contributed by atoms with Gasteiger partial charge in [0.25, 0.3) is 5.69 Å². The van der Waals surface area contributed by atoms with E-state index in [1.54, 1.807) is 32.2 Å². The molecule has 1 aromatic heterocycles. The number of sulfonamides is 1. The van der Waals surface area contributed by atoms with Crippen molar-refractivity contribution in [2.75, 3.05) is 25.6 Å². The number of nitro benzene ring substituents is 1. The van der Waals surface area contributed by atoms with Crippen LogP contribution in [0.15, 0.2) is 39.8 Å². The zero-order valence-corrected chi connectivity index (χ0v) is 19.5. The number of methoxy groups -OCH3 is 1. The molecule has 1 aliphatic heterocycles. The van der Waals surface area contributed by atoms with E-state index < -0.39 is 14.9 Å². The van der Waals surface area contributed by atoms with Gasteiger partial charge in [-0.25, -0.2) is 8.42 Å². The number of benzene rings is 1. The molecule has 1 saturated carbocycles. The maximum atomic E-state index is 13.7. The maximum absolute atomic E-state index is 13.7. The molecule has 1 saturated heterocycles. The van der Waals surface area contributed by atoms with Gasteiger partial charge in [-0.15, -0.1) is 0 Å². The molecule has 2 aromatic rings. The van der Waals surface area contributed by atoms with Crippen LogP contribution in [0.25, 0.3) is 0 Å². The van der Waals surface area contributed by atoms with E-state index in [9.17, 15) is 18.5 Å². The number of furan rings is 1. The monoisotopic (exact) mass is 479 g/mol. The fourth-order valence-electron chi connectivity index (χ4n) is 4.30. The van der Waals surface area contributed by atoms with Gasteiger partial charge in [0.05, 0.1) is 34.8 Å². The van der Waals surface area contributed by atoms with Crippen molar-refractivity contribution in [1.82, 2.24) is 4.31 Å². The van der Waals surface area contributed by atoms with Crippen LogP contribution in [0.1, 0.15) is 37.0 Å². The molecule has 4 rings (SSSR count). The van der Waals surface area contributed by atoms with Crippen LogP contribution < -0.4 is 5.32 Å². The number of hydrogen-bond acceptors (Lipinski definition) is 8. The van der Waals surface area contributed by atoms with Gasteiger partial charge >= 0.3 is 0 Å². The fourth-order valence-corrected chi connectivity index (χ4v) is 5.96. The molecule has 1 atom stereocenters. The molecule has 1 aromatic carbocycles. The van der Waals surface area contributed by atoms with Crippen molar-refractivity contribution in [1.29, 1.82) is 0 Å². The lowest BCUT2D eigenvalue weighted by Crippen LogP contribution is -2.40. The molecular formula is C22H29N3O7S. The third kappa shape index (κ3) is 5.21. The summed E-state index contributed by atoms with van der Waals surface area (Å²) in [5.74, 6) is 0.486. The van der Waals surface area contributed by atoms with Gasteiger partial charge in [0.2, 0.25) is 10.0 Å². The number of aryl methyl sites for hydroxylation is 1. The van der Waals surface area contributed by atoms with Crippen molar-refractivity contribution in [3.63, 3.8) is 0 Å². The van der Waals surface area contributed by atoms with Gasteiger partial charge in [-0.1, -0.05) is 0 Å². The highest BCUT2D eigenvalue weighted by Crippen LogP contribution is 2.36. The molecular weight excluding hydrogens is 450 g/mol. The Morgan fingerprint density at radius 2 is 2.12 bits per heavy atom. The minimum atomic E-state index is -4.06. The number of nitrogens with zero attached hydrogens (tertiary/aromatic N) is 2. The first-order valence-corrected chi connectivity index (χ1v) is 12.4. The van der Waals surface area contributed by atoms with Crippen molar-refractivity contribution in [3.8, 4) is 0 Å². The highest BCUT2D eigenvalue weighted by atomic mass is 32.2. The molecule has 0 bridgehead atoms. The second kappa shape index (κ2) is 9.80. The molecule has 2 fully saturated rings. The Morgan fingerprint density at radius 1 is 1.33 bits per heavy atom. The second-order valence-electron chi connectivity index (χ2n) is 8.57. The molecule has 0 amide bonds. The van der Waals surface area contributed by atoms with Crippen LogP contribution >= 0.6 is 0 Å². The topological polar surface area (TPSA) is 124 Å². The number of nitrogens with one attached hydrogen (secondary N) is 1. The second-order valence-corrected chi connectivity index (χ2v) is 10.5. The zero-order valence-electron chi connectivity index (χ0n) is 18.7. The molecule has 10 nitrogen and oxygen atoms in total. The molecule has 2 aliphatic rings. The van der Waals surface area contributed by atoms with E-state index in [4.69, 9.17) is 13.9 Å². The SMILES string of the molecule is COC1CC(Nc2cc(C)c(S(=O)(=O)N(Cc3ccco3)CC3CCCO3)cc2[N+](=O)[O-])C1. The van der Waals surface area contributed by atoms with Crippen molar-refractivity contribution < 1.29 is 27.2 Å². The standard InChI is InChI=1S/C22H29N3O7S/c1-15-9-20(23-16-10-19(11-16)30-2)21(25(26)27)12-22(15)33(28,29)24(13-17-5-3-7-31-17)14-18-6-4-8-32-18/h3,5,7,9,12,16,18-19,23H,4,6,8,10-11,13-14H2,1-2H3. The molecule has 33 heavy (non-hydrogen) atoms. The smallest absolute Gasteiger partial charge is 0.293 e. The van der Waals surface area contributed by atoms with E-state index in [-0.39, 0.29) is 41.9 Å². The average molecular weight is 480 g/mol. The van der Waals surface area contributed by atoms with E-state index >= 15 is 0 Å². The molecule has 2 heterocycles. The highest BCUT2D eigenvalue weighted by molar-refractivity contribution is 7.89. The first-order chi connectivity index (χ1) is 15.8. The largest absolute Gasteiger partial charge is 0.468 e.